The quantitative estimate of drug-likeness (QED) is 0.575. The Kier molecular flexibility index (Phi) is 3.13. The number of nitrogens with zero attached hydrogens (tertiary/aromatic N) is 3. The molecular weight excluding hydrogens is 289 g/mol. The molecule has 0 amide bonds. The maximum atomic E-state index is 13.0. The van der Waals surface area contributed by atoms with Gasteiger partial charge in [0.05, 0.1) is 16.1 Å². The molecule has 0 aromatic carbocycles. The van der Waals surface area contributed by atoms with Crippen LogP contribution in [-0.2, 0) is 0 Å². The Morgan fingerprint density at radius 2 is 1.87 bits per heavy atom. The zero-order valence-electron chi connectivity index (χ0n) is 7.47. The lowest BCUT2D eigenvalue weighted by atomic mass is 10.2. The predicted octanol–water partition coefficient (Wildman–Crippen LogP) is 2.40. The van der Waals surface area contributed by atoms with Crippen LogP contribution in [0.15, 0.2) is 5.10 Å². The maximum absolute atomic E-state index is 13.0. The average Bonchev–Trinajstić information content (AvgIpc) is 2.44. The highest BCUT2D eigenvalue weighted by Crippen LogP contribution is 2.42. The first-order valence-electron chi connectivity index (χ1n) is 3.91. The minimum atomic E-state index is -5.61. The minimum Gasteiger partial charge on any atom is -0.268 e. The van der Waals surface area contributed by atoms with Gasteiger partial charge in [-0.05, 0) is 6.92 Å². The van der Waals surface area contributed by atoms with Crippen LogP contribution in [0.3, 0.4) is 0 Å². The van der Waals surface area contributed by atoms with Gasteiger partial charge in [-0.15, -0.1) is 0 Å². The first-order chi connectivity index (χ1) is 6.71. The van der Waals surface area contributed by atoms with Gasteiger partial charge in [-0.2, -0.15) is 27.1 Å². The van der Waals surface area contributed by atoms with Crippen molar-refractivity contribution in [3.05, 3.63) is 0 Å². The molecule has 0 saturated carbocycles. The second-order valence-electron chi connectivity index (χ2n) is 2.83. The van der Waals surface area contributed by atoms with Crippen molar-refractivity contribution < 1.29 is 22.0 Å². The van der Waals surface area contributed by atoms with E-state index in [1.54, 1.807) is 0 Å². The molecule has 0 aliphatic carbocycles. The molecular formula is C6H7BrF5N3. The van der Waals surface area contributed by atoms with Crippen LogP contribution in [0.5, 0.6) is 0 Å². The van der Waals surface area contributed by atoms with Crippen molar-refractivity contribution in [1.82, 2.24) is 8.93 Å². The summed E-state index contributed by atoms with van der Waals surface area (Å²) in [5.41, 5.74) is 0. The van der Waals surface area contributed by atoms with E-state index in [0.717, 1.165) is 6.34 Å². The maximum Gasteiger partial charge on any atom is 0.457 e. The lowest BCUT2D eigenvalue weighted by Gasteiger charge is -2.33. The first kappa shape index (κ1) is 12.5. The molecule has 1 unspecified atom stereocenters. The van der Waals surface area contributed by atoms with E-state index in [0.29, 0.717) is 8.93 Å². The topological polar surface area (TPSA) is 18.8 Å². The zero-order valence-corrected chi connectivity index (χ0v) is 9.06. The third-order valence-electron chi connectivity index (χ3n) is 1.85. The van der Waals surface area contributed by atoms with Gasteiger partial charge in [0.15, 0.2) is 0 Å². The second-order valence-corrected chi connectivity index (χ2v) is 3.64. The molecule has 3 nitrogen and oxygen atoms in total. The summed E-state index contributed by atoms with van der Waals surface area (Å²) >= 11 is 2.58. The standard InChI is InChI=1S/C6H7BrF5N3/c1-2-15-4(14(7)3-13-15)5(8,9)6(10,11)12/h3-4H,2H2,1H3. The summed E-state index contributed by atoms with van der Waals surface area (Å²) < 4.78 is 62.8. The monoisotopic (exact) mass is 295 g/mol. The number of halogens is 6. The van der Waals surface area contributed by atoms with Gasteiger partial charge in [0, 0.05) is 6.54 Å². The Hall–Kier alpha value is -0.600. The van der Waals surface area contributed by atoms with Gasteiger partial charge in [-0.1, -0.05) is 0 Å². The van der Waals surface area contributed by atoms with Crippen LogP contribution in [0.1, 0.15) is 6.92 Å². The van der Waals surface area contributed by atoms with E-state index in [1.165, 1.54) is 6.92 Å². The molecule has 0 saturated heterocycles. The van der Waals surface area contributed by atoms with E-state index in [1.807, 2.05) is 0 Å². The van der Waals surface area contributed by atoms with Crippen molar-refractivity contribution in [3.63, 3.8) is 0 Å². The van der Waals surface area contributed by atoms with Crippen LogP contribution >= 0.6 is 16.1 Å². The summed E-state index contributed by atoms with van der Waals surface area (Å²) in [6, 6.07) is 0. The van der Waals surface area contributed by atoms with E-state index >= 15 is 0 Å². The SMILES string of the molecule is CCN1N=CN(Br)C1C(F)(F)C(F)(F)F. The molecule has 15 heavy (non-hydrogen) atoms. The van der Waals surface area contributed by atoms with Crippen molar-refractivity contribution >= 4 is 22.5 Å². The van der Waals surface area contributed by atoms with Crippen LogP contribution in [-0.4, -0.2) is 40.1 Å². The number of hydrogen-bond acceptors (Lipinski definition) is 3. The molecule has 0 radical (unpaired) electrons. The third-order valence-corrected chi connectivity index (χ3v) is 2.42. The Balaban J connectivity index is 2.96. The second kappa shape index (κ2) is 3.76. The highest BCUT2D eigenvalue weighted by molar-refractivity contribution is 9.07. The molecule has 0 spiro atoms. The fraction of sp³-hybridized carbons (Fsp3) is 0.833. The molecule has 0 bridgehead atoms. The minimum absolute atomic E-state index is 0.0467. The third kappa shape index (κ3) is 2.01. The molecule has 0 fully saturated rings. The van der Waals surface area contributed by atoms with Crippen molar-refractivity contribution in [3.8, 4) is 0 Å². The first-order valence-corrected chi connectivity index (χ1v) is 4.62. The van der Waals surface area contributed by atoms with Crippen molar-refractivity contribution in [1.29, 1.82) is 0 Å². The van der Waals surface area contributed by atoms with Gasteiger partial charge in [-0.3, -0.25) is 8.93 Å². The largest absolute Gasteiger partial charge is 0.457 e. The van der Waals surface area contributed by atoms with Crippen molar-refractivity contribution in [2.75, 3.05) is 6.54 Å². The van der Waals surface area contributed by atoms with Crippen LogP contribution < -0.4 is 0 Å². The van der Waals surface area contributed by atoms with Gasteiger partial charge in [0.1, 0.15) is 6.34 Å². The number of hydrogen-bond donors (Lipinski definition) is 0. The predicted molar refractivity (Wildman–Crippen MR) is 46.4 cm³/mol. The van der Waals surface area contributed by atoms with Crippen LogP contribution in [0.4, 0.5) is 22.0 Å². The fourth-order valence-corrected chi connectivity index (χ4v) is 1.66. The Labute approximate surface area is 90.8 Å². The van der Waals surface area contributed by atoms with Crippen LogP contribution in [0, 0.1) is 0 Å². The van der Waals surface area contributed by atoms with Crippen molar-refractivity contribution in [2.24, 2.45) is 5.10 Å². The highest BCUT2D eigenvalue weighted by Gasteiger charge is 2.66. The van der Waals surface area contributed by atoms with E-state index in [-0.39, 0.29) is 6.54 Å². The number of hydrazone groups is 1. The zero-order chi connectivity index (χ0) is 11.9. The van der Waals surface area contributed by atoms with E-state index in [2.05, 4.69) is 21.2 Å². The average molecular weight is 296 g/mol. The van der Waals surface area contributed by atoms with Crippen molar-refractivity contribution in [2.45, 2.75) is 25.2 Å². The molecule has 1 heterocycles. The van der Waals surface area contributed by atoms with Gasteiger partial charge in [0.2, 0.25) is 6.17 Å². The molecule has 88 valence electrons. The lowest BCUT2D eigenvalue weighted by Crippen LogP contribution is -2.56. The molecule has 0 aromatic heterocycles. The number of alkyl halides is 5. The summed E-state index contributed by atoms with van der Waals surface area (Å²) in [5.74, 6) is -4.86. The van der Waals surface area contributed by atoms with Crippen LogP contribution in [0.25, 0.3) is 0 Å². The summed E-state index contributed by atoms with van der Waals surface area (Å²) in [4.78, 5) is 0. The molecule has 1 aliphatic rings. The summed E-state index contributed by atoms with van der Waals surface area (Å²) in [7, 11) is 0. The molecule has 1 rings (SSSR count). The summed E-state index contributed by atoms with van der Waals surface area (Å²) in [6.07, 6.45) is -6.92. The summed E-state index contributed by atoms with van der Waals surface area (Å²) in [5, 5.41) is 4.06. The van der Waals surface area contributed by atoms with E-state index in [9.17, 15) is 22.0 Å². The molecule has 1 atom stereocenters. The molecule has 1 aliphatic heterocycles. The molecule has 0 aromatic rings. The van der Waals surface area contributed by atoms with Gasteiger partial charge < -0.3 is 0 Å². The Morgan fingerprint density at radius 3 is 2.27 bits per heavy atom. The van der Waals surface area contributed by atoms with Gasteiger partial charge in [-0.25, -0.2) is 0 Å². The smallest absolute Gasteiger partial charge is 0.268 e. The normalized spacial score (nSPS) is 22.7. The molecule has 9 heteroatoms. The highest BCUT2D eigenvalue weighted by atomic mass is 79.9. The Morgan fingerprint density at radius 1 is 1.33 bits per heavy atom. The van der Waals surface area contributed by atoms with Gasteiger partial charge in [0.25, 0.3) is 0 Å². The van der Waals surface area contributed by atoms with Gasteiger partial charge >= 0.3 is 12.1 Å². The summed E-state index contributed by atoms with van der Waals surface area (Å²) in [6.45, 7) is 1.39. The van der Waals surface area contributed by atoms with Crippen LogP contribution in [0.2, 0.25) is 0 Å². The molecule has 0 N–H and O–H groups in total. The number of rotatable bonds is 2. The van der Waals surface area contributed by atoms with E-state index in [4.69, 9.17) is 0 Å². The van der Waals surface area contributed by atoms with E-state index < -0.39 is 18.3 Å². The fourth-order valence-electron chi connectivity index (χ4n) is 1.11. The lowest BCUT2D eigenvalue weighted by molar-refractivity contribution is -0.308. The Bertz CT molecular complexity index is 266.